The summed E-state index contributed by atoms with van der Waals surface area (Å²) in [5.74, 6) is -0.231. The maximum atomic E-state index is 11.1. The van der Waals surface area contributed by atoms with Crippen LogP contribution in [0.3, 0.4) is 0 Å². The van der Waals surface area contributed by atoms with Crippen molar-refractivity contribution in [3.63, 3.8) is 0 Å². The Kier molecular flexibility index (Phi) is 8.44. The third-order valence-electron chi connectivity index (χ3n) is 3.10. The first-order chi connectivity index (χ1) is 11.9. The summed E-state index contributed by atoms with van der Waals surface area (Å²) in [5.41, 5.74) is 2.94. The summed E-state index contributed by atoms with van der Waals surface area (Å²) in [6, 6.07) is 19.1. The van der Waals surface area contributed by atoms with Crippen molar-refractivity contribution in [2.45, 2.75) is 20.4 Å². The first-order valence-corrected chi connectivity index (χ1v) is 7.89. The summed E-state index contributed by atoms with van der Waals surface area (Å²) in [5, 5.41) is 5.46. The van der Waals surface area contributed by atoms with Gasteiger partial charge >= 0.3 is 0 Å². The minimum Gasteiger partial charge on any atom is -0.348 e. The van der Waals surface area contributed by atoms with Crippen molar-refractivity contribution in [1.29, 1.82) is 0 Å². The van der Waals surface area contributed by atoms with E-state index in [9.17, 15) is 9.59 Å². The van der Waals surface area contributed by atoms with Gasteiger partial charge in [-0.15, -0.1) is 0 Å². The third kappa shape index (κ3) is 8.32. The number of carbonyl (C=O) groups is 2. The number of nitrogens with one attached hydrogen (secondary N) is 2. The molecule has 0 aliphatic heterocycles. The van der Waals surface area contributed by atoms with Crippen LogP contribution < -0.4 is 10.6 Å². The SMILES string of the molecule is C=C(C)C(=O)NCc1ccccc1.C=C(C)C(=O)Nc1ccccc1. The Bertz CT molecular complexity index is 722. The molecule has 0 atom stereocenters. The number of hydrogen-bond donors (Lipinski definition) is 2. The van der Waals surface area contributed by atoms with Gasteiger partial charge in [-0.2, -0.15) is 0 Å². The Morgan fingerprint density at radius 1 is 0.800 bits per heavy atom. The largest absolute Gasteiger partial charge is 0.348 e. The number of hydrogen-bond acceptors (Lipinski definition) is 2. The zero-order valence-electron chi connectivity index (χ0n) is 14.7. The Balaban J connectivity index is 0.000000251. The maximum Gasteiger partial charge on any atom is 0.250 e. The van der Waals surface area contributed by atoms with Crippen LogP contribution in [0.1, 0.15) is 19.4 Å². The highest BCUT2D eigenvalue weighted by Crippen LogP contribution is 2.06. The average molecular weight is 336 g/mol. The van der Waals surface area contributed by atoms with Crippen LogP contribution in [0.15, 0.2) is 85.0 Å². The van der Waals surface area contributed by atoms with Gasteiger partial charge in [0.05, 0.1) is 0 Å². The van der Waals surface area contributed by atoms with Gasteiger partial charge in [0.1, 0.15) is 0 Å². The molecule has 2 N–H and O–H groups in total. The summed E-state index contributed by atoms with van der Waals surface area (Å²) < 4.78 is 0. The van der Waals surface area contributed by atoms with Gasteiger partial charge < -0.3 is 10.6 Å². The lowest BCUT2D eigenvalue weighted by Crippen LogP contribution is -2.22. The molecule has 4 nitrogen and oxygen atoms in total. The van der Waals surface area contributed by atoms with Gasteiger partial charge in [-0.05, 0) is 31.5 Å². The van der Waals surface area contributed by atoms with Crippen LogP contribution in [0.5, 0.6) is 0 Å². The molecule has 25 heavy (non-hydrogen) atoms. The van der Waals surface area contributed by atoms with Crippen molar-refractivity contribution >= 4 is 17.5 Å². The molecule has 0 aromatic heterocycles. The van der Waals surface area contributed by atoms with E-state index >= 15 is 0 Å². The second-order valence-corrected chi connectivity index (χ2v) is 5.55. The van der Waals surface area contributed by atoms with E-state index in [0.717, 1.165) is 11.3 Å². The summed E-state index contributed by atoms with van der Waals surface area (Å²) in [6.07, 6.45) is 0. The number of para-hydroxylation sites is 1. The molecule has 0 radical (unpaired) electrons. The van der Waals surface area contributed by atoms with Crippen molar-refractivity contribution in [3.05, 3.63) is 90.5 Å². The van der Waals surface area contributed by atoms with Crippen LogP contribution in [0.25, 0.3) is 0 Å². The highest BCUT2D eigenvalue weighted by atomic mass is 16.2. The van der Waals surface area contributed by atoms with Gasteiger partial charge in [0.2, 0.25) is 5.91 Å². The number of amides is 2. The van der Waals surface area contributed by atoms with Crippen LogP contribution in [-0.2, 0) is 16.1 Å². The van der Waals surface area contributed by atoms with E-state index in [0.29, 0.717) is 17.7 Å². The van der Waals surface area contributed by atoms with Crippen LogP contribution >= 0.6 is 0 Å². The summed E-state index contributed by atoms with van der Waals surface area (Å²) in [6.45, 7) is 11.0. The van der Waals surface area contributed by atoms with Gasteiger partial charge in [-0.25, -0.2) is 0 Å². The average Bonchev–Trinajstić information content (AvgIpc) is 2.61. The molecule has 2 aromatic carbocycles. The molecular formula is C21H24N2O2. The van der Waals surface area contributed by atoms with E-state index in [-0.39, 0.29) is 11.8 Å². The quantitative estimate of drug-likeness (QED) is 0.808. The molecule has 0 saturated carbocycles. The van der Waals surface area contributed by atoms with Crippen molar-refractivity contribution < 1.29 is 9.59 Å². The minimum atomic E-state index is -0.138. The van der Waals surface area contributed by atoms with Gasteiger partial charge in [-0.3, -0.25) is 9.59 Å². The molecule has 2 rings (SSSR count). The lowest BCUT2D eigenvalue weighted by molar-refractivity contribution is -0.117. The molecule has 0 saturated heterocycles. The topological polar surface area (TPSA) is 58.2 Å². The van der Waals surface area contributed by atoms with Crippen LogP contribution in [0.2, 0.25) is 0 Å². The molecule has 0 unspecified atom stereocenters. The fourth-order valence-corrected chi connectivity index (χ4v) is 1.69. The van der Waals surface area contributed by atoms with Gasteiger partial charge in [0.15, 0.2) is 0 Å². The predicted molar refractivity (Wildman–Crippen MR) is 103 cm³/mol. The van der Waals surface area contributed by atoms with Crippen LogP contribution in [0.4, 0.5) is 5.69 Å². The summed E-state index contributed by atoms with van der Waals surface area (Å²) in [4.78, 5) is 22.2. The van der Waals surface area contributed by atoms with E-state index < -0.39 is 0 Å². The van der Waals surface area contributed by atoms with Crippen molar-refractivity contribution in [3.8, 4) is 0 Å². The fourth-order valence-electron chi connectivity index (χ4n) is 1.69. The normalized spacial score (nSPS) is 9.20. The number of anilines is 1. The molecule has 0 heterocycles. The van der Waals surface area contributed by atoms with E-state index in [4.69, 9.17) is 0 Å². The zero-order valence-corrected chi connectivity index (χ0v) is 14.7. The predicted octanol–water partition coefficient (Wildman–Crippen LogP) is 4.08. The number of benzene rings is 2. The lowest BCUT2D eigenvalue weighted by Gasteiger charge is -2.03. The van der Waals surface area contributed by atoms with E-state index in [1.807, 2.05) is 60.7 Å². The Hall–Kier alpha value is -3.14. The van der Waals surface area contributed by atoms with E-state index in [1.165, 1.54) is 0 Å². The molecule has 2 amide bonds. The Labute approximate surface area is 149 Å². The van der Waals surface area contributed by atoms with Gasteiger partial charge in [0.25, 0.3) is 5.91 Å². The van der Waals surface area contributed by atoms with Crippen LogP contribution in [0, 0.1) is 0 Å². The molecule has 4 heteroatoms. The van der Waals surface area contributed by atoms with Crippen LogP contribution in [-0.4, -0.2) is 11.8 Å². The first-order valence-electron chi connectivity index (χ1n) is 7.89. The van der Waals surface area contributed by atoms with Crippen molar-refractivity contribution in [2.75, 3.05) is 5.32 Å². The molecule has 0 spiro atoms. The summed E-state index contributed by atoms with van der Waals surface area (Å²) in [7, 11) is 0. The highest BCUT2D eigenvalue weighted by Gasteiger charge is 2.00. The lowest BCUT2D eigenvalue weighted by atomic mass is 10.2. The molecule has 2 aromatic rings. The minimum absolute atomic E-state index is 0.0937. The third-order valence-corrected chi connectivity index (χ3v) is 3.10. The number of rotatable bonds is 5. The van der Waals surface area contributed by atoms with Crippen molar-refractivity contribution in [1.82, 2.24) is 5.32 Å². The van der Waals surface area contributed by atoms with Gasteiger partial charge in [-0.1, -0.05) is 61.7 Å². The zero-order chi connectivity index (χ0) is 18.7. The summed E-state index contributed by atoms with van der Waals surface area (Å²) >= 11 is 0. The Morgan fingerprint density at radius 2 is 1.28 bits per heavy atom. The molecule has 130 valence electrons. The second kappa shape index (κ2) is 10.6. The Morgan fingerprint density at radius 3 is 1.76 bits per heavy atom. The highest BCUT2D eigenvalue weighted by molar-refractivity contribution is 6.02. The molecule has 0 bridgehead atoms. The standard InChI is InChI=1S/C11H13NO.C10H11NO/c1-9(2)11(13)12-8-10-6-4-3-5-7-10;1-8(2)10(12)11-9-6-4-3-5-7-9/h3-7H,1,8H2,2H3,(H,12,13);3-7H,1H2,2H3,(H,11,12). The number of carbonyl (C=O) groups excluding carboxylic acids is 2. The smallest absolute Gasteiger partial charge is 0.250 e. The molecular weight excluding hydrogens is 312 g/mol. The molecule has 0 aliphatic rings. The monoisotopic (exact) mass is 336 g/mol. The molecule has 0 aliphatic carbocycles. The van der Waals surface area contributed by atoms with Crippen molar-refractivity contribution in [2.24, 2.45) is 0 Å². The first kappa shape index (κ1) is 19.9. The maximum absolute atomic E-state index is 11.1. The van der Waals surface area contributed by atoms with Gasteiger partial charge in [0, 0.05) is 23.4 Å². The molecule has 0 fully saturated rings. The second-order valence-electron chi connectivity index (χ2n) is 5.55. The van der Waals surface area contributed by atoms with E-state index in [1.54, 1.807) is 13.8 Å². The van der Waals surface area contributed by atoms with E-state index in [2.05, 4.69) is 23.8 Å². The fraction of sp³-hybridized carbons (Fsp3) is 0.143.